The quantitative estimate of drug-likeness (QED) is 0.635. The first-order chi connectivity index (χ1) is 8.15. The number of benzene rings is 1. The van der Waals surface area contributed by atoms with Crippen LogP contribution in [0.4, 0.5) is 0 Å². The highest BCUT2D eigenvalue weighted by atomic mass is 16.3. The third-order valence-electron chi connectivity index (χ3n) is 3.00. The van der Waals surface area contributed by atoms with E-state index in [9.17, 15) is 4.79 Å². The summed E-state index contributed by atoms with van der Waals surface area (Å²) in [6.07, 6.45) is 2.69. The van der Waals surface area contributed by atoms with Gasteiger partial charge in [0, 0.05) is 22.9 Å². The minimum atomic E-state index is -0.0599. The zero-order valence-electron chi connectivity index (χ0n) is 10.2. The van der Waals surface area contributed by atoms with E-state index < -0.39 is 0 Å². The Bertz CT molecular complexity index is 514. The number of para-hydroxylation sites is 1. The van der Waals surface area contributed by atoms with Crippen molar-refractivity contribution in [2.24, 2.45) is 0 Å². The number of hydrogen-bond donors (Lipinski definition) is 1. The molecule has 0 fully saturated rings. The maximum absolute atomic E-state index is 10.3. The fourth-order valence-corrected chi connectivity index (χ4v) is 2.04. The van der Waals surface area contributed by atoms with E-state index in [1.165, 1.54) is 5.56 Å². The second-order valence-electron chi connectivity index (χ2n) is 4.83. The first-order valence-electron chi connectivity index (χ1n) is 5.76. The molecule has 1 aromatic heterocycles. The summed E-state index contributed by atoms with van der Waals surface area (Å²) in [5.74, 6) is 0. The Kier molecular flexibility index (Phi) is 3.29. The normalized spacial score (nSPS) is 11.9. The average molecular weight is 231 g/mol. The highest BCUT2D eigenvalue weighted by Gasteiger charge is 2.24. The average Bonchev–Trinajstić information content (AvgIpc) is 2.73. The third-order valence-corrected chi connectivity index (χ3v) is 3.00. The molecule has 2 aromatic rings. The maximum Gasteiger partial charge on any atom is 0.134 e. The molecule has 0 unspecified atom stereocenters. The summed E-state index contributed by atoms with van der Waals surface area (Å²) in [5.41, 5.74) is 2.02. The van der Waals surface area contributed by atoms with Gasteiger partial charge < -0.3 is 14.5 Å². The molecule has 0 aliphatic rings. The Balaban J connectivity index is 2.28. The summed E-state index contributed by atoms with van der Waals surface area (Å²) < 4.78 is 5.54. The highest BCUT2D eigenvalue weighted by Crippen LogP contribution is 2.31. The van der Waals surface area contributed by atoms with Crippen LogP contribution in [-0.4, -0.2) is 19.4 Å². The summed E-state index contributed by atoms with van der Waals surface area (Å²) in [5, 5.41) is 4.26. The zero-order chi connectivity index (χ0) is 12.3. The van der Waals surface area contributed by atoms with Gasteiger partial charge in [-0.25, -0.2) is 0 Å². The van der Waals surface area contributed by atoms with Crippen molar-refractivity contribution >= 4 is 17.3 Å². The van der Waals surface area contributed by atoms with Crippen LogP contribution < -0.4 is 5.32 Å². The molecule has 1 N–H and O–H groups in total. The van der Waals surface area contributed by atoms with Crippen molar-refractivity contribution in [3.63, 3.8) is 0 Å². The lowest BCUT2D eigenvalue weighted by molar-refractivity contribution is -0.107. The Labute approximate surface area is 101 Å². The van der Waals surface area contributed by atoms with E-state index in [0.717, 1.165) is 23.8 Å². The van der Waals surface area contributed by atoms with Gasteiger partial charge in [0.2, 0.25) is 0 Å². The minimum Gasteiger partial charge on any atom is -0.464 e. The minimum absolute atomic E-state index is 0.0599. The second kappa shape index (κ2) is 4.72. The molecule has 0 saturated heterocycles. The van der Waals surface area contributed by atoms with Crippen LogP contribution in [0.2, 0.25) is 0 Å². The van der Waals surface area contributed by atoms with Crippen LogP contribution in [0.3, 0.4) is 0 Å². The van der Waals surface area contributed by atoms with E-state index in [2.05, 4.69) is 25.2 Å². The molecule has 1 heterocycles. The molecule has 0 atom stereocenters. The summed E-state index contributed by atoms with van der Waals surface area (Å²) >= 11 is 0. The van der Waals surface area contributed by atoms with E-state index in [-0.39, 0.29) is 5.41 Å². The van der Waals surface area contributed by atoms with Crippen molar-refractivity contribution in [2.45, 2.75) is 19.3 Å². The monoisotopic (exact) mass is 231 g/mol. The molecule has 0 saturated carbocycles. The first-order valence-corrected chi connectivity index (χ1v) is 5.76. The Morgan fingerprint density at radius 2 is 2.12 bits per heavy atom. The van der Waals surface area contributed by atoms with Crippen molar-refractivity contribution in [3.8, 4) is 0 Å². The Hall–Kier alpha value is -1.61. The molecule has 90 valence electrons. The highest BCUT2D eigenvalue weighted by molar-refractivity contribution is 5.82. The summed E-state index contributed by atoms with van der Waals surface area (Å²) in [6, 6.07) is 8.01. The van der Waals surface area contributed by atoms with Crippen LogP contribution in [0, 0.1) is 0 Å². The summed E-state index contributed by atoms with van der Waals surface area (Å²) in [6.45, 7) is 5.42. The van der Waals surface area contributed by atoms with Gasteiger partial charge in [0.1, 0.15) is 11.9 Å². The van der Waals surface area contributed by atoms with Gasteiger partial charge in [-0.1, -0.05) is 32.0 Å². The molecule has 3 heteroatoms. The predicted octanol–water partition coefficient (Wildman–Crippen LogP) is 2.50. The molecule has 2 rings (SSSR count). The molecule has 17 heavy (non-hydrogen) atoms. The lowest BCUT2D eigenvalue weighted by atomic mass is 9.84. The molecule has 1 aromatic carbocycles. The van der Waals surface area contributed by atoms with Crippen LogP contribution in [0.5, 0.6) is 0 Å². The van der Waals surface area contributed by atoms with Crippen molar-refractivity contribution < 1.29 is 9.21 Å². The smallest absolute Gasteiger partial charge is 0.134 e. The van der Waals surface area contributed by atoms with Crippen molar-refractivity contribution in [1.82, 2.24) is 5.32 Å². The number of fused-ring (bicyclic) bond motifs is 1. The number of carbonyl (C=O) groups excluding carboxylic acids is 1. The molecule has 0 amide bonds. The lowest BCUT2D eigenvalue weighted by Gasteiger charge is -2.23. The van der Waals surface area contributed by atoms with Crippen molar-refractivity contribution in [1.29, 1.82) is 0 Å². The predicted molar refractivity (Wildman–Crippen MR) is 68.2 cm³/mol. The van der Waals surface area contributed by atoms with E-state index in [0.29, 0.717) is 6.54 Å². The van der Waals surface area contributed by atoms with Crippen LogP contribution in [0.15, 0.2) is 34.9 Å². The molecule has 0 aliphatic carbocycles. The number of carbonyl (C=O) groups is 1. The topological polar surface area (TPSA) is 42.2 Å². The molecule has 3 nitrogen and oxygen atoms in total. The van der Waals surface area contributed by atoms with Gasteiger partial charge in [0.25, 0.3) is 0 Å². The van der Waals surface area contributed by atoms with Crippen molar-refractivity contribution in [2.75, 3.05) is 13.1 Å². The van der Waals surface area contributed by atoms with Gasteiger partial charge in [0.05, 0.1) is 12.8 Å². The van der Waals surface area contributed by atoms with Crippen LogP contribution in [-0.2, 0) is 10.2 Å². The SMILES string of the molecule is CC(C)(CNCC=O)c1coc2ccccc12. The molecule has 0 radical (unpaired) electrons. The van der Waals surface area contributed by atoms with Gasteiger partial charge >= 0.3 is 0 Å². The van der Waals surface area contributed by atoms with Gasteiger partial charge in [-0.3, -0.25) is 0 Å². The molecular formula is C14H17NO2. The van der Waals surface area contributed by atoms with E-state index in [4.69, 9.17) is 4.42 Å². The number of rotatable bonds is 5. The first kappa shape index (κ1) is 11.9. The van der Waals surface area contributed by atoms with Crippen LogP contribution >= 0.6 is 0 Å². The van der Waals surface area contributed by atoms with E-state index in [1.807, 2.05) is 24.5 Å². The Morgan fingerprint density at radius 1 is 1.35 bits per heavy atom. The van der Waals surface area contributed by atoms with Gasteiger partial charge in [-0.05, 0) is 6.07 Å². The van der Waals surface area contributed by atoms with Gasteiger partial charge in [-0.2, -0.15) is 0 Å². The van der Waals surface area contributed by atoms with Crippen LogP contribution in [0.25, 0.3) is 11.0 Å². The fourth-order valence-electron chi connectivity index (χ4n) is 2.04. The number of aldehydes is 1. The number of furan rings is 1. The van der Waals surface area contributed by atoms with Gasteiger partial charge in [0.15, 0.2) is 0 Å². The van der Waals surface area contributed by atoms with Gasteiger partial charge in [-0.15, -0.1) is 0 Å². The lowest BCUT2D eigenvalue weighted by Crippen LogP contribution is -2.33. The summed E-state index contributed by atoms with van der Waals surface area (Å²) in [4.78, 5) is 10.3. The Morgan fingerprint density at radius 3 is 2.88 bits per heavy atom. The molecule has 0 bridgehead atoms. The third kappa shape index (κ3) is 2.39. The van der Waals surface area contributed by atoms with Crippen molar-refractivity contribution in [3.05, 3.63) is 36.1 Å². The molecule has 0 spiro atoms. The molecular weight excluding hydrogens is 214 g/mol. The maximum atomic E-state index is 10.3. The van der Waals surface area contributed by atoms with E-state index in [1.54, 1.807) is 0 Å². The van der Waals surface area contributed by atoms with Crippen LogP contribution in [0.1, 0.15) is 19.4 Å². The molecule has 0 aliphatic heterocycles. The summed E-state index contributed by atoms with van der Waals surface area (Å²) in [7, 11) is 0. The largest absolute Gasteiger partial charge is 0.464 e. The zero-order valence-corrected chi connectivity index (χ0v) is 10.2. The number of hydrogen-bond acceptors (Lipinski definition) is 3. The standard InChI is InChI=1S/C14H17NO2/c1-14(2,10-15-7-8-16)12-9-17-13-6-4-3-5-11(12)13/h3-6,8-9,15H,7,10H2,1-2H3. The van der Waals surface area contributed by atoms with E-state index >= 15 is 0 Å². The second-order valence-corrected chi connectivity index (χ2v) is 4.83. The number of nitrogens with one attached hydrogen (secondary N) is 1. The fraction of sp³-hybridized carbons (Fsp3) is 0.357.